The Bertz CT molecular complexity index is 154. The quantitative estimate of drug-likeness (QED) is 0.656. The van der Waals surface area contributed by atoms with Gasteiger partial charge in [0.1, 0.15) is 0 Å². The third-order valence-electron chi connectivity index (χ3n) is 2.50. The number of hydrogen-bond donors (Lipinski definition) is 1. The van der Waals surface area contributed by atoms with Gasteiger partial charge in [0.15, 0.2) is 0 Å². The summed E-state index contributed by atoms with van der Waals surface area (Å²) in [6.45, 7) is 11.8. The lowest BCUT2D eigenvalue weighted by Gasteiger charge is -2.25. The van der Waals surface area contributed by atoms with Crippen molar-refractivity contribution >= 4 is 0 Å². The number of hydrogen-bond acceptors (Lipinski definition) is 3. The van der Waals surface area contributed by atoms with Gasteiger partial charge in [-0.15, -0.1) is 0 Å². The summed E-state index contributed by atoms with van der Waals surface area (Å²) >= 11 is 0. The Morgan fingerprint density at radius 1 is 1.33 bits per heavy atom. The number of nitrogens with zero attached hydrogens (tertiary/aromatic N) is 1. The Morgan fingerprint density at radius 3 is 2.40 bits per heavy atom. The minimum absolute atomic E-state index is 0.233. The van der Waals surface area contributed by atoms with Crippen LogP contribution in [0.2, 0.25) is 0 Å². The molecule has 0 aliphatic carbocycles. The molecular formula is C12H28N2O. The van der Waals surface area contributed by atoms with Gasteiger partial charge in [-0.2, -0.15) is 0 Å². The summed E-state index contributed by atoms with van der Waals surface area (Å²) < 4.78 is 5.13. The van der Waals surface area contributed by atoms with Gasteiger partial charge < -0.3 is 15.0 Å². The number of likely N-dealkylation sites (N-methyl/N-ethyl adjacent to an activating group) is 1. The highest BCUT2D eigenvalue weighted by Gasteiger charge is 2.10. The Morgan fingerprint density at radius 2 is 1.93 bits per heavy atom. The third-order valence-corrected chi connectivity index (χ3v) is 2.50. The smallest absolute Gasteiger partial charge is 0.0615 e. The van der Waals surface area contributed by atoms with Crippen LogP contribution in [0.25, 0.3) is 0 Å². The van der Waals surface area contributed by atoms with E-state index in [-0.39, 0.29) is 5.54 Å². The maximum absolute atomic E-state index is 5.13. The van der Waals surface area contributed by atoms with Gasteiger partial charge in [-0.05, 0) is 54.3 Å². The van der Waals surface area contributed by atoms with Crippen molar-refractivity contribution in [3.63, 3.8) is 0 Å². The van der Waals surface area contributed by atoms with Crippen molar-refractivity contribution in [2.24, 2.45) is 0 Å². The summed E-state index contributed by atoms with van der Waals surface area (Å²) in [5.74, 6) is 0. The van der Waals surface area contributed by atoms with Crippen LogP contribution < -0.4 is 5.32 Å². The van der Waals surface area contributed by atoms with E-state index in [1.54, 1.807) is 7.11 Å². The van der Waals surface area contributed by atoms with Crippen molar-refractivity contribution in [1.82, 2.24) is 10.2 Å². The van der Waals surface area contributed by atoms with Gasteiger partial charge in [0.05, 0.1) is 6.61 Å². The molecule has 0 amide bonds. The average Bonchev–Trinajstić information content (AvgIpc) is 2.11. The van der Waals surface area contributed by atoms with Crippen molar-refractivity contribution in [3.05, 3.63) is 0 Å². The van der Waals surface area contributed by atoms with Crippen LogP contribution in [0.1, 0.15) is 34.1 Å². The molecule has 0 radical (unpaired) electrons. The van der Waals surface area contributed by atoms with E-state index in [1.165, 1.54) is 6.42 Å². The van der Waals surface area contributed by atoms with Crippen molar-refractivity contribution in [1.29, 1.82) is 0 Å². The second kappa shape index (κ2) is 7.20. The van der Waals surface area contributed by atoms with E-state index in [9.17, 15) is 0 Å². The summed E-state index contributed by atoms with van der Waals surface area (Å²) in [5, 5.41) is 3.49. The topological polar surface area (TPSA) is 24.5 Å². The van der Waals surface area contributed by atoms with E-state index in [2.05, 4.69) is 45.0 Å². The minimum atomic E-state index is 0.233. The Kier molecular flexibility index (Phi) is 7.14. The van der Waals surface area contributed by atoms with Crippen LogP contribution in [0, 0.1) is 0 Å². The predicted molar refractivity (Wildman–Crippen MR) is 66.3 cm³/mol. The molecule has 1 atom stereocenters. The first-order valence-corrected chi connectivity index (χ1v) is 5.81. The van der Waals surface area contributed by atoms with E-state index < -0.39 is 0 Å². The fourth-order valence-electron chi connectivity index (χ4n) is 1.38. The monoisotopic (exact) mass is 216 g/mol. The van der Waals surface area contributed by atoms with Crippen LogP contribution in [0.3, 0.4) is 0 Å². The molecule has 3 nitrogen and oxygen atoms in total. The molecule has 0 saturated carbocycles. The summed E-state index contributed by atoms with van der Waals surface area (Å²) in [7, 11) is 3.91. The van der Waals surface area contributed by atoms with Gasteiger partial charge in [-0.1, -0.05) is 0 Å². The maximum atomic E-state index is 5.13. The minimum Gasteiger partial charge on any atom is -0.383 e. The molecule has 0 heterocycles. The van der Waals surface area contributed by atoms with E-state index in [0.717, 1.165) is 19.7 Å². The van der Waals surface area contributed by atoms with Crippen LogP contribution in [0.5, 0.6) is 0 Å². The maximum Gasteiger partial charge on any atom is 0.0615 e. The Hall–Kier alpha value is -0.120. The zero-order valence-electron chi connectivity index (χ0n) is 11.3. The molecule has 1 unspecified atom stereocenters. The van der Waals surface area contributed by atoms with E-state index in [1.807, 2.05) is 0 Å². The normalized spacial score (nSPS) is 14.6. The fourth-order valence-corrected chi connectivity index (χ4v) is 1.38. The Balaban J connectivity index is 3.50. The van der Waals surface area contributed by atoms with Gasteiger partial charge >= 0.3 is 0 Å². The zero-order valence-corrected chi connectivity index (χ0v) is 11.3. The second-order valence-electron chi connectivity index (χ2n) is 5.32. The van der Waals surface area contributed by atoms with Crippen molar-refractivity contribution < 1.29 is 4.74 Å². The molecule has 92 valence electrons. The molecule has 0 bridgehead atoms. The van der Waals surface area contributed by atoms with Crippen LogP contribution in [-0.2, 0) is 4.74 Å². The number of methoxy groups -OCH3 is 1. The summed E-state index contributed by atoms with van der Waals surface area (Å²) in [5.41, 5.74) is 0.233. The zero-order chi connectivity index (χ0) is 11.9. The van der Waals surface area contributed by atoms with Crippen molar-refractivity contribution in [2.45, 2.75) is 45.7 Å². The highest BCUT2D eigenvalue weighted by Crippen LogP contribution is 2.00. The molecule has 0 aliphatic heterocycles. The van der Waals surface area contributed by atoms with Crippen LogP contribution in [-0.4, -0.2) is 50.3 Å². The molecule has 15 heavy (non-hydrogen) atoms. The molecule has 0 saturated heterocycles. The number of rotatable bonds is 7. The SMILES string of the molecule is COCC(C)N(C)CCCNC(C)(C)C. The average molecular weight is 216 g/mol. The van der Waals surface area contributed by atoms with Crippen molar-refractivity contribution in [2.75, 3.05) is 33.9 Å². The van der Waals surface area contributed by atoms with Crippen LogP contribution >= 0.6 is 0 Å². The van der Waals surface area contributed by atoms with E-state index in [4.69, 9.17) is 4.74 Å². The lowest BCUT2D eigenvalue weighted by Crippen LogP contribution is -2.39. The van der Waals surface area contributed by atoms with Crippen molar-refractivity contribution in [3.8, 4) is 0 Å². The first-order valence-electron chi connectivity index (χ1n) is 5.81. The largest absolute Gasteiger partial charge is 0.383 e. The summed E-state index contributed by atoms with van der Waals surface area (Å²) in [6.07, 6.45) is 1.18. The first kappa shape index (κ1) is 14.9. The lowest BCUT2D eigenvalue weighted by molar-refractivity contribution is 0.114. The van der Waals surface area contributed by atoms with Gasteiger partial charge in [-0.25, -0.2) is 0 Å². The molecule has 0 fully saturated rings. The number of nitrogens with one attached hydrogen (secondary N) is 1. The van der Waals surface area contributed by atoms with Gasteiger partial charge in [-0.3, -0.25) is 0 Å². The third kappa shape index (κ3) is 8.85. The molecule has 0 aromatic heterocycles. The molecule has 3 heteroatoms. The second-order valence-corrected chi connectivity index (χ2v) is 5.32. The van der Waals surface area contributed by atoms with Crippen LogP contribution in [0.4, 0.5) is 0 Å². The first-order chi connectivity index (χ1) is 6.87. The van der Waals surface area contributed by atoms with Gasteiger partial charge in [0.25, 0.3) is 0 Å². The molecule has 0 spiro atoms. The highest BCUT2D eigenvalue weighted by atomic mass is 16.5. The fraction of sp³-hybridized carbons (Fsp3) is 1.00. The molecule has 0 aromatic rings. The predicted octanol–water partition coefficient (Wildman–Crippen LogP) is 1.73. The van der Waals surface area contributed by atoms with Crippen LogP contribution in [0.15, 0.2) is 0 Å². The summed E-state index contributed by atoms with van der Waals surface area (Å²) in [6, 6.07) is 0.504. The Labute approximate surface area is 95.2 Å². The summed E-state index contributed by atoms with van der Waals surface area (Å²) in [4.78, 5) is 2.34. The standard InChI is InChI=1S/C12H28N2O/c1-11(10-15-6)14(5)9-7-8-13-12(2,3)4/h11,13H,7-10H2,1-6H3. The lowest BCUT2D eigenvalue weighted by atomic mass is 10.1. The molecule has 0 aliphatic rings. The number of ether oxygens (including phenoxy) is 1. The molecular weight excluding hydrogens is 188 g/mol. The molecule has 0 rings (SSSR count). The van der Waals surface area contributed by atoms with E-state index >= 15 is 0 Å². The van der Waals surface area contributed by atoms with E-state index in [0.29, 0.717) is 6.04 Å². The highest BCUT2D eigenvalue weighted by molar-refractivity contribution is 4.70. The van der Waals surface area contributed by atoms with Gasteiger partial charge in [0.2, 0.25) is 0 Å². The molecule has 1 N–H and O–H groups in total. The molecule has 0 aromatic carbocycles. The van der Waals surface area contributed by atoms with Gasteiger partial charge in [0, 0.05) is 18.7 Å².